The lowest BCUT2D eigenvalue weighted by Gasteiger charge is -2.18. The number of aromatic nitrogens is 2. The lowest BCUT2D eigenvalue weighted by molar-refractivity contribution is 0.0769. The van der Waals surface area contributed by atoms with Crippen LogP contribution in [0.4, 0.5) is 4.39 Å². The van der Waals surface area contributed by atoms with E-state index < -0.39 is 20.0 Å². The second-order valence-corrected chi connectivity index (χ2v) is 14.2. The van der Waals surface area contributed by atoms with Gasteiger partial charge in [0.05, 0.1) is 10.7 Å². The van der Waals surface area contributed by atoms with Crippen molar-refractivity contribution in [2.24, 2.45) is 0 Å². The zero-order valence-corrected chi connectivity index (χ0v) is 18.7. The summed E-state index contributed by atoms with van der Waals surface area (Å²) < 4.78 is 21.9. The van der Waals surface area contributed by atoms with Gasteiger partial charge < -0.3 is 9.84 Å². The fraction of sp³-hybridized carbons (Fsp3) is 0.471. The summed E-state index contributed by atoms with van der Waals surface area (Å²) in [5.41, 5.74) is 1.31. The number of rotatable bonds is 7. The van der Waals surface area contributed by atoms with Crippen LogP contribution in [0.25, 0.3) is 0 Å². The SMILES string of the molecule is Cc1nc(C(O)c2ccc(F)c(Cl)c2)n(COCC[Si](C)(C)C)c1I. The Morgan fingerprint density at radius 1 is 1.40 bits per heavy atom. The first-order valence-electron chi connectivity index (χ1n) is 8.03. The van der Waals surface area contributed by atoms with E-state index in [-0.39, 0.29) is 5.02 Å². The Bertz CT molecular complexity index is 749. The number of halogens is 3. The second-order valence-electron chi connectivity index (χ2n) is 7.20. The van der Waals surface area contributed by atoms with Crippen LogP contribution in [0.3, 0.4) is 0 Å². The molecule has 0 fully saturated rings. The Balaban J connectivity index is 2.20. The lowest BCUT2D eigenvalue weighted by atomic mass is 10.1. The molecule has 0 bridgehead atoms. The van der Waals surface area contributed by atoms with Crippen molar-refractivity contribution >= 4 is 42.3 Å². The second kappa shape index (κ2) is 8.47. The number of aliphatic hydroxyl groups is 1. The zero-order valence-electron chi connectivity index (χ0n) is 14.8. The van der Waals surface area contributed by atoms with E-state index in [0.29, 0.717) is 24.7 Å². The van der Waals surface area contributed by atoms with Gasteiger partial charge in [0, 0.05) is 14.7 Å². The monoisotopic (exact) mass is 496 g/mol. The first-order chi connectivity index (χ1) is 11.6. The minimum atomic E-state index is -1.15. The van der Waals surface area contributed by atoms with Crippen LogP contribution in [0.15, 0.2) is 18.2 Å². The van der Waals surface area contributed by atoms with Gasteiger partial charge in [-0.15, -0.1) is 0 Å². The van der Waals surface area contributed by atoms with E-state index in [9.17, 15) is 9.50 Å². The fourth-order valence-corrected chi connectivity index (χ4v) is 3.72. The largest absolute Gasteiger partial charge is 0.380 e. The van der Waals surface area contributed by atoms with E-state index in [1.165, 1.54) is 18.2 Å². The number of imidazole rings is 1. The first-order valence-corrected chi connectivity index (χ1v) is 13.2. The Morgan fingerprint density at radius 3 is 2.68 bits per heavy atom. The van der Waals surface area contributed by atoms with Crippen molar-refractivity contribution < 1.29 is 14.2 Å². The van der Waals surface area contributed by atoms with Gasteiger partial charge in [0.1, 0.15) is 28.2 Å². The summed E-state index contributed by atoms with van der Waals surface area (Å²) in [6.07, 6.45) is -0.999. The predicted octanol–water partition coefficient (Wildman–Crippen LogP) is 4.98. The number of aryl methyl sites for hydroxylation is 1. The van der Waals surface area contributed by atoms with Crippen molar-refractivity contribution in [2.45, 2.75) is 45.4 Å². The van der Waals surface area contributed by atoms with Crippen LogP contribution in [0.1, 0.15) is 23.2 Å². The first kappa shape index (κ1) is 20.8. The van der Waals surface area contributed by atoms with Crippen LogP contribution >= 0.6 is 34.2 Å². The Morgan fingerprint density at radius 2 is 2.08 bits per heavy atom. The minimum absolute atomic E-state index is 0.0209. The minimum Gasteiger partial charge on any atom is -0.380 e. The molecule has 25 heavy (non-hydrogen) atoms. The molecule has 0 aliphatic rings. The molecule has 1 unspecified atom stereocenters. The molecule has 1 N–H and O–H groups in total. The predicted molar refractivity (Wildman–Crippen MR) is 109 cm³/mol. The molecule has 138 valence electrons. The molecule has 8 heteroatoms. The summed E-state index contributed by atoms with van der Waals surface area (Å²) >= 11 is 8.02. The van der Waals surface area contributed by atoms with Crippen molar-refractivity contribution in [3.8, 4) is 0 Å². The number of ether oxygens (including phenoxy) is 1. The van der Waals surface area contributed by atoms with Gasteiger partial charge in [-0.25, -0.2) is 9.37 Å². The highest BCUT2D eigenvalue weighted by atomic mass is 127. The van der Waals surface area contributed by atoms with Gasteiger partial charge in [-0.1, -0.05) is 37.3 Å². The molecule has 0 spiro atoms. The summed E-state index contributed by atoms with van der Waals surface area (Å²) in [4.78, 5) is 4.46. The molecule has 0 saturated carbocycles. The van der Waals surface area contributed by atoms with Crippen molar-refractivity contribution in [3.63, 3.8) is 0 Å². The molecule has 1 aromatic carbocycles. The maximum Gasteiger partial charge on any atom is 0.145 e. The molecule has 2 rings (SSSR count). The van der Waals surface area contributed by atoms with Gasteiger partial charge in [0.25, 0.3) is 0 Å². The quantitative estimate of drug-likeness (QED) is 0.334. The van der Waals surface area contributed by atoms with E-state index in [1.54, 1.807) is 0 Å². The topological polar surface area (TPSA) is 47.3 Å². The van der Waals surface area contributed by atoms with Gasteiger partial charge in [0.15, 0.2) is 0 Å². The van der Waals surface area contributed by atoms with Crippen molar-refractivity contribution in [1.29, 1.82) is 0 Å². The normalized spacial score (nSPS) is 13.3. The smallest absolute Gasteiger partial charge is 0.145 e. The number of hydrogen-bond donors (Lipinski definition) is 1. The van der Waals surface area contributed by atoms with E-state index in [1.807, 2.05) is 11.5 Å². The number of aliphatic hydroxyl groups excluding tert-OH is 1. The number of hydrogen-bond acceptors (Lipinski definition) is 3. The van der Waals surface area contributed by atoms with Gasteiger partial charge in [0.2, 0.25) is 0 Å². The standard InChI is InChI=1S/C17H23ClFIN2O2Si/c1-11-16(20)22(10-24-7-8-25(2,3)4)17(21-11)15(23)12-5-6-14(19)13(18)9-12/h5-6,9,15,23H,7-8,10H2,1-4H3. The molecule has 1 atom stereocenters. The van der Waals surface area contributed by atoms with Gasteiger partial charge >= 0.3 is 0 Å². The molecule has 2 aromatic rings. The van der Waals surface area contributed by atoms with E-state index in [2.05, 4.69) is 47.2 Å². The third-order valence-corrected chi connectivity index (χ3v) is 7.17. The highest BCUT2D eigenvalue weighted by Crippen LogP contribution is 2.27. The van der Waals surface area contributed by atoms with Crippen LogP contribution in [-0.4, -0.2) is 29.3 Å². The summed E-state index contributed by atoms with van der Waals surface area (Å²) in [5, 5.41) is 10.7. The summed E-state index contributed by atoms with van der Waals surface area (Å²) in [6, 6.07) is 5.26. The van der Waals surface area contributed by atoms with E-state index >= 15 is 0 Å². The highest BCUT2D eigenvalue weighted by Gasteiger charge is 2.22. The average Bonchev–Trinajstić information content (AvgIpc) is 2.80. The van der Waals surface area contributed by atoms with Crippen LogP contribution in [-0.2, 0) is 11.5 Å². The fourth-order valence-electron chi connectivity index (χ4n) is 2.27. The molecular weight excluding hydrogens is 474 g/mol. The third-order valence-electron chi connectivity index (χ3n) is 3.82. The maximum atomic E-state index is 13.4. The van der Waals surface area contributed by atoms with E-state index in [4.69, 9.17) is 16.3 Å². The summed E-state index contributed by atoms with van der Waals surface area (Å²) in [7, 11) is -1.15. The molecule has 4 nitrogen and oxygen atoms in total. The van der Waals surface area contributed by atoms with Crippen molar-refractivity contribution in [1.82, 2.24) is 9.55 Å². The van der Waals surface area contributed by atoms with Crippen molar-refractivity contribution in [2.75, 3.05) is 6.61 Å². The molecule has 0 amide bonds. The Hall–Kier alpha value is -0.483. The zero-order chi connectivity index (χ0) is 18.8. The molecular formula is C17H23ClFIN2O2Si. The van der Waals surface area contributed by atoms with Crippen molar-refractivity contribution in [3.05, 3.63) is 49.8 Å². The average molecular weight is 497 g/mol. The van der Waals surface area contributed by atoms with Crippen LogP contribution in [0.5, 0.6) is 0 Å². The number of benzene rings is 1. The number of nitrogens with zero attached hydrogens (tertiary/aromatic N) is 2. The maximum absolute atomic E-state index is 13.4. The van der Waals surface area contributed by atoms with Gasteiger partial charge in [-0.05, 0) is 53.3 Å². The van der Waals surface area contributed by atoms with Gasteiger partial charge in [-0.3, -0.25) is 4.57 Å². The molecule has 0 saturated heterocycles. The molecule has 0 radical (unpaired) electrons. The van der Waals surface area contributed by atoms with Gasteiger partial charge in [-0.2, -0.15) is 0 Å². The van der Waals surface area contributed by atoms with Crippen LogP contribution < -0.4 is 0 Å². The summed E-state index contributed by atoms with van der Waals surface area (Å²) in [5.74, 6) is -0.0426. The molecule has 1 heterocycles. The third kappa shape index (κ3) is 5.49. The molecule has 0 aliphatic heterocycles. The van der Waals surface area contributed by atoms with Crippen LogP contribution in [0.2, 0.25) is 30.7 Å². The molecule has 0 aliphatic carbocycles. The lowest BCUT2D eigenvalue weighted by Crippen LogP contribution is -2.22. The highest BCUT2D eigenvalue weighted by molar-refractivity contribution is 14.1. The summed E-state index contributed by atoms with van der Waals surface area (Å²) in [6.45, 7) is 9.79. The van der Waals surface area contributed by atoms with Crippen LogP contribution in [0, 0.1) is 16.4 Å². The van der Waals surface area contributed by atoms with E-state index in [0.717, 1.165) is 15.4 Å². The molecule has 1 aromatic heterocycles. The Labute approximate surface area is 167 Å². The Kier molecular flexibility index (Phi) is 7.06.